The third kappa shape index (κ3) is 4.81. The van der Waals surface area contributed by atoms with Crippen molar-refractivity contribution < 1.29 is 9.53 Å². The number of methoxy groups -OCH3 is 1. The van der Waals surface area contributed by atoms with Gasteiger partial charge in [0.25, 0.3) is 0 Å². The molecule has 0 saturated heterocycles. The monoisotopic (exact) mass is 369 g/mol. The normalized spacial score (nSPS) is 10.9. The Kier molecular flexibility index (Phi) is 6.04. The quantitative estimate of drug-likeness (QED) is 0.545. The zero-order valence-corrected chi connectivity index (χ0v) is 15.6. The third-order valence-corrected chi connectivity index (χ3v) is 5.32. The van der Waals surface area contributed by atoms with E-state index in [-0.39, 0.29) is 5.91 Å². The van der Waals surface area contributed by atoms with Crippen LogP contribution in [0.15, 0.2) is 64.7 Å². The number of benzene rings is 1. The van der Waals surface area contributed by atoms with Crippen molar-refractivity contribution in [3.63, 3.8) is 0 Å². The fourth-order valence-corrected chi connectivity index (χ4v) is 3.83. The van der Waals surface area contributed by atoms with Gasteiger partial charge in [-0.05, 0) is 46.0 Å². The lowest BCUT2D eigenvalue weighted by atomic mass is 10.1. The predicted molar refractivity (Wildman–Crippen MR) is 105 cm³/mol. The third-order valence-electron chi connectivity index (χ3n) is 3.75. The maximum Gasteiger partial charge on any atom is 0.247 e. The molecule has 0 aliphatic heterocycles. The van der Waals surface area contributed by atoms with E-state index in [4.69, 9.17) is 4.74 Å². The Morgan fingerprint density at radius 3 is 2.72 bits per heavy atom. The molecule has 3 aromatic rings. The predicted octanol–water partition coefficient (Wildman–Crippen LogP) is 5.06. The Hall–Kier alpha value is -2.37. The summed E-state index contributed by atoms with van der Waals surface area (Å²) in [6.45, 7) is 1.09. The van der Waals surface area contributed by atoms with Crippen LogP contribution in [0.2, 0.25) is 0 Å². The molecule has 2 aromatic heterocycles. The van der Waals surface area contributed by atoms with Crippen LogP contribution >= 0.6 is 22.7 Å². The van der Waals surface area contributed by atoms with Crippen LogP contribution in [0, 0.1) is 0 Å². The molecule has 0 aliphatic carbocycles. The smallest absolute Gasteiger partial charge is 0.247 e. The van der Waals surface area contributed by atoms with E-state index in [1.165, 1.54) is 0 Å². The fraction of sp³-hybridized carbons (Fsp3) is 0.150. The van der Waals surface area contributed by atoms with Crippen molar-refractivity contribution in [2.24, 2.45) is 0 Å². The van der Waals surface area contributed by atoms with Crippen LogP contribution in [0.5, 0.6) is 5.75 Å². The Morgan fingerprint density at radius 2 is 2.00 bits per heavy atom. The largest absolute Gasteiger partial charge is 0.496 e. The van der Waals surface area contributed by atoms with Crippen molar-refractivity contribution in [1.82, 2.24) is 4.90 Å². The van der Waals surface area contributed by atoms with Crippen molar-refractivity contribution in [2.75, 3.05) is 7.11 Å². The van der Waals surface area contributed by atoms with E-state index in [0.29, 0.717) is 13.1 Å². The first kappa shape index (κ1) is 17.5. The SMILES string of the molecule is COc1ccccc1CN(Cc1cccs1)C(=O)/C=C/c1ccsc1. The average molecular weight is 370 g/mol. The molecule has 25 heavy (non-hydrogen) atoms. The number of hydrogen-bond acceptors (Lipinski definition) is 4. The van der Waals surface area contributed by atoms with Crippen LogP contribution in [-0.4, -0.2) is 17.9 Å². The molecule has 128 valence electrons. The molecule has 0 spiro atoms. The molecule has 0 bridgehead atoms. The molecule has 0 radical (unpaired) electrons. The highest BCUT2D eigenvalue weighted by molar-refractivity contribution is 7.09. The van der Waals surface area contributed by atoms with Crippen molar-refractivity contribution in [3.05, 3.63) is 80.7 Å². The van der Waals surface area contributed by atoms with Crippen molar-refractivity contribution in [2.45, 2.75) is 13.1 Å². The lowest BCUT2D eigenvalue weighted by Gasteiger charge is -2.22. The molecule has 2 heterocycles. The van der Waals surface area contributed by atoms with Gasteiger partial charge in [-0.3, -0.25) is 4.79 Å². The minimum absolute atomic E-state index is 0.00879. The van der Waals surface area contributed by atoms with E-state index in [1.54, 1.807) is 35.9 Å². The van der Waals surface area contributed by atoms with Gasteiger partial charge in [-0.15, -0.1) is 11.3 Å². The summed E-state index contributed by atoms with van der Waals surface area (Å²) in [6, 6.07) is 13.9. The van der Waals surface area contributed by atoms with E-state index in [0.717, 1.165) is 21.8 Å². The molecular formula is C20H19NO2S2. The molecule has 1 aromatic carbocycles. The number of ether oxygens (including phenoxy) is 1. The first-order valence-electron chi connectivity index (χ1n) is 7.89. The molecule has 0 unspecified atom stereocenters. The van der Waals surface area contributed by atoms with Crippen molar-refractivity contribution in [1.29, 1.82) is 0 Å². The van der Waals surface area contributed by atoms with Crippen LogP contribution in [-0.2, 0) is 17.9 Å². The standard InChI is InChI=1S/C20H19NO2S2/c1-23-19-7-3-2-5-17(19)13-21(14-18-6-4-11-25-18)20(22)9-8-16-10-12-24-15-16/h2-12,15H,13-14H2,1H3/b9-8+. The van der Waals surface area contributed by atoms with Crippen LogP contribution in [0.25, 0.3) is 6.08 Å². The van der Waals surface area contributed by atoms with E-state index in [2.05, 4.69) is 6.07 Å². The maximum absolute atomic E-state index is 12.8. The number of thiophene rings is 2. The van der Waals surface area contributed by atoms with Gasteiger partial charge in [0.15, 0.2) is 0 Å². The summed E-state index contributed by atoms with van der Waals surface area (Å²) < 4.78 is 5.43. The number of rotatable bonds is 7. The van der Waals surface area contributed by atoms with Gasteiger partial charge >= 0.3 is 0 Å². The first-order valence-corrected chi connectivity index (χ1v) is 9.72. The van der Waals surface area contributed by atoms with Crippen LogP contribution in [0.4, 0.5) is 0 Å². The summed E-state index contributed by atoms with van der Waals surface area (Å²) in [5.74, 6) is 0.791. The lowest BCUT2D eigenvalue weighted by molar-refractivity contribution is -0.127. The Morgan fingerprint density at radius 1 is 1.12 bits per heavy atom. The molecular weight excluding hydrogens is 350 g/mol. The second-order valence-corrected chi connectivity index (χ2v) is 7.29. The topological polar surface area (TPSA) is 29.5 Å². The fourth-order valence-electron chi connectivity index (χ4n) is 2.48. The second kappa shape index (κ2) is 8.65. The number of carbonyl (C=O) groups excluding carboxylic acids is 1. The van der Waals surface area contributed by atoms with E-state index in [9.17, 15) is 4.79 Å². The summed E-state index contributed by atoms with van der Waals surface area (Å²) >= 11 is 3.28. The summed E-state index contributed by atoms with van der Waals surface area (Å²) in [5, 5.41) is 6.05. The zero-order chi connectivity index (χ0) is 17.5. The number of para-hydroxylation sites is 1. The molecule has 3 nitrogen and oxygen atoms in total. The molecule has 0 N–H and O–H groups in total. The minimum Gasteiger partial charge on any atom is -0.496 e. The van der Waals surface area contributed by atoms with Gasteiger partial charge in [0.2, 0.25) is 5.91 Å². The van der Waals surface area contributed by atoms with Gasteiger partial charge < -0.3 is 9.64 Å². The van der Waals surface area contributed by atoms with Crippen molar-refractivity contribution >= 4 is 34.7 Å². The van der Waals surface area contributed by atoms with Crippen LogP contribution in [0.1, 0.15) is 16.0 Å². The number of amides is 1. The molecule has 0 fully saturated rings. The van der Waals surface area contributed by atoms with Gasteiger partial charge in [-0.2, -0.15) is 11.3 Å². The van der Waals surface area contributed by atoms with E-state index in [1.807, 2.05) is 63.5 Å². The average Bonchev–Trinajstić information content (AvgIpc) is 3.33. The number of hydrogen-bond donors (Lipinski definition) is 0. The highest BCUT2D eigenvalue weighted by Gasteiger charge is 2.15. The highest BCUT2D eigenvalue weighted by Crippen LogP contribution is 2.22. The van der Waals surface area contributed by atoms with E-state index < -0.39 is 0 Å². The van der Waals surface area contributed by atoms with Gasteiger partial charge in [0.05, 0.1) is 13.7 Å². The van der Waals surface area contributed by atoms with Gasteiger partial charge in [0.1, 0.15) is 5.75 Å². The highest BCUT2D eigenvalue weighted by atomic mass is 32.1. The summed E-state index contributed by atoms with van der Waals surface area (Å²) in [4.78, 5) is 15.8. The van der Waals surface area contributed by atoms with E-state index >= 15 is 0 Å². The number of nitrogens with zero attached hydrogens (tertiary/aromatic N) is 1. The Labute approximate surface area is 155 Å². The molecule has 0 aliphatic rings. The Bertz CT molecular complexity index is 823. The summed E-state index contributed by atoms with van der Waals surface area (Å²) in [6.07, 6.45) is 3.51. The van der Waals surface area contributed by atoms with Crippen LogP contribution < -0.4 is 4.74 Å². The summed E-state index contributed by atoms with van der Waals surface area (Å²) in [5.41, 5.74) is 2.05. The maximum atomic E-state index is 12.8. The molecule has 0 saturated carbocycles. The molecule has 5 heteroatoms. The molecule has 0 atom stereocenters. The molecule has 1 amide bonds. The van der Waals surface area contributed by atoms with Gasteiger partial charge in [0, 0.05) is 23.1 Å². The lowest BCUT2D eigenvalue weighted by Crippen LogP contribution is -2.28. The Balaban J connectivity index is 1.80. The van der Waals surface area contributed by atoms with Gasteiger partial charge in [-0.25, -0.2) is 0 Å². The summed E-state index contributed by atoms with van der Waals surface area (Å²) in [7, 11) is 1.65. The van der Waals surface area contributed by atoms with Gasteiger partial charge in [-0.1, -0.05) is 24.3 Å². The van der Waals surface area contributed by atoms with Crippen LogP contribution in [0.3, 0.4) is 0 Å². The number of carbonyl (C=O) groups is 1. The first-order chi connectivity index (χ1) is 12.3. The minimum atomic E-state index is -0.00879. The zero-order valence-electron chi connectivity index (χ0n) is 13.9. The molecule has 3 rings (SSSR count). The second-order valence-electron chi connectivity index (χ2n) is 5.48. The van der Waals surface area contributed by atoms with Crippen molar-refractivity contribution in [3.8, 4) is 5.75 Å².